The van der Waals surface area contributed by atoms with Crippen molar-refractivity contribution in [3.05, 3.63) is 95.1 Å². The summed E-state index contributed by atoms with van der Waals surface area (Å²) in [5.41, 5.74) is 4.91. The van der Waals surface area contributed by atoms with E-state index < -0.39 is 5.97 Å². The number of benzene rings is 3. The number of methoxy groups -OCH3 is 1. The Kier molecular flexibility index (Phi) is 7.05. The number of hydrogen-bond donors (Lipinski definition) is 1. The molecule has 4 heteroatoms. The molecule has 0 heterocycles. The number of carboxylic acids is 1. The fraction of sp³-hybridized carbons (Fsp3) is 0.115. The first-order valence-corrected chi connectivity index (χ1v) is 9.41. The van der Waals surface area contributed by atoms with E-state index in [1.165, 1.54) is 5.56 Å². The van der Waals surface area contributed by atoms with Crippen molar-refractivity contribution in [1.82, 2.24) is 0 Å². The highest BCUT2D eigenvalue weighted by Crippen LogP contribution is 2.29. The van der Waals surface area contributed by atoms with Crippen molar-refractivity contribution in [1.29, 1.82) is 0 Å². The second-order valence-corrected chi connectivity index (χ2v) is 6.62. The summed E-state index contributed by atoms with van der Waals surface area (Å²) in [6.45, 7) is 2.23. The summed E-state index contributed by atoms with van der Waals surface area (Å²) in [6, 6.07) is 20.8. The van der Waals surface area contributed by atoms with E-state index in [0.717, 1.165) is 16.7 Å². The topological polar surface area (TPSA) is 55.8 Å². The van der Waals surface area contributed by atoms with Crippen molar-refractivity contribution in [2.75, 3.05) is 13.9 Å². The van der Waals surface area contributed by atoms with Crippen molar-refractivity contribution < 1.29 is 19.4 Å². The van der Waals surface area contributed by atoms with E-state index in [1.54, 1.807) is 37.5 Å². The minimum atomic E-state index is -0.989. The van der Waals surface area contributed by atoms with Crippen LogP contribution in [0.5, 0.6) is 5.75 Å². The van der Waals surface area contributed by atoms with Crippen LogP contribution in [0.25, 0.3) is 17.2 Å². The van der Waals surface area contributed by atoms with Crippen LogP contribution in [-0.2, 0) is 4.74 Å². The van der Waals surface area contributed by atoms with Gasteiger partial charge in [0.05, 0.1) is 5.56 Å². The Labute approximate surface area is 176 Å². The molecule has 0 amide bonds. The highest BCUT2D eigenvalue weighted by molar-refractivity contribution is 5.90. The van der Waals surface area contributed by atoms with E-state index in [-0.39, 0.29) is 12.4 Å². The Morgan fingerprint density at radius 3 is 2.57 bits per heavy atom. The molecule has 3 aromatic rings. The number of aryl methyl sites for hydroxylation is 1. The van der Waals surface area contributed by atoms with Gasteiger partial charge in [0, 0.05) is 12.7 Å². The average Bonchev–Trinajstić information content (AvgIpc) is 2.76. The van der Waals surface area contributed by atoms with Crippen LogP contribution in [0.3, 0.4) is 0 Å². The van der Waals surface area contributed by atoms with E-state index in [1.807, 2.05) is 31.2 Å². The Bertz CT molecular complexity index is 1120. The van der Waals surface area contributed by atoms with E-state index in [9.17, 15) is 9.90 Å². The third-order valence-electron chi connectivity index (χ3n) is 4.44. The maximum Gasteiger partial charge on any atom is 0.336 e. The summed E-state index contributed by atoms with van der Waals surface area (Å²) in [6.07, 6.45) is 3.63. The van der Waals surface area contributed by atoms with Crippen molar-refractivity contribution in [3.63, 3.8) is 0 Å². The lowest BCUT2D eigenvalue weighted by Crippen LogP contribution is -1.99. The smallest absolute Gasteiger partial charge is 0.336 e. The van der Waals surface area contributed by atoms with Crippen LogP contribution in [0.2, 0.25) is 0 Å². The standard InChI is InChI=1S/C26H22O4/c1-19-11-13-22(14-12-19)25-17-23(30-18-29-2)16-15-21(25)9-4-3-7-20-8-5-6-10-24(20)26(27)28/h4-6,8-17H,18H2,1-2H3,(H,27,28)/b9-4+. The van der Waals surface area contributed by atoms with Gasteiger partial charge in [0.25, 0.3) is 0 Å². The van der Waals surface area contributed by atoms with E-state index >= 15 is 0 Å². The van der Waals surface area contributed by atoms with Gasteiger partial charge in [-0.25, -0.2) is 4.79 Å². The summed E-state index contributed by atoms with van der Waals surface area (Å²) < 4.78 is 10.6. The van der Waals surface area contributed by atoms with Gasteiger partial charge in [-0.15, -0.1) is 0 Å². The minimum absolute atomic E-state index is 0.178. The number of hydrogen-bond acceptors (Lipinski definition) is 3. The molecule has 1 N–H and O–H groups in total. The van der Waals surface area contributed by atoms with Crippen molar-refractivity contribution in [2.45, 2.75) is 6.92 Å². The Morgan fingerprint density at radius 1 is 1.07 bits per heavy atom. The zero-order chi connectivity index (χ0) is 21.3. The van der Waals surface area contributed by atoms with Crippen molar-refractivity contribution >= 4 is 12.0 Å². The molecule has 0 atom stereocenters. The van der Waals surface area contributed by atoms with Gasteiger partial charge >= 0.3 is 5.97 Å². The molecule has 0 saturated heterocycles. The molecule has 0 aliphatic heterocycles. The van der Waals surface area contributed by atoms with Gasteiger partial charge in [-0.05, 0) is 60.0 Å². The molecule has 3 rings (SSSR count). The van der Waals surface area contributed by atoms with E-state index in [4.69, 9.17) is 9.47 Å². The van der Waals surface area contributed by atoms with Crippen molar-refractivity contribution in [2.24, 2.45) is 0 Å². The third kappa shape index (κ3) is 5.38. The lowest BCUT2D eigenvalue weighted by atomic mass is 9.98. The van der Waals surface area contributed by atoms with Gasteiger partial charge in [0.1, 0.15) is 5.75 Å². The number of ether oxygens (including phenoxy) is 2. The Morgan fingerprint density at radius 2 is 1.83 bits per heavy atom. The lowest BCUT2D eigenvalue weighted by molar-refractivity contribution is 0.0511. The molecule has 0 radical (unpaired) electrons. The molecule has 4 nitrogen and oxygen atoms in total. The summed E-state index contributed by atoms with van der Waals surface area (Å²) in [5, 5.41) is 9.26. The first-order chi connectivity index (χ1) is 14.6. The zero-order valence-corrected chi connectivity index (χ0v) is 16.9. The van der Waals surface area contributed by atoms with Crippen molar-refractivity contribution in [3.8, 4) is 28.7 Å². The van der Waals surface area contributed by atoms with Crippen LogP contribution in [0.15, 0.2) is 72.8 Å². The van der Waals surface area contributed by atoms with Crippen LogP contribution in [0.1, 0.15) is 27.0 Å². The fourth-order valence-electron chi connectivity index (χ4n) is 2.91. The second kappa shape index (κ2) is 10.1. The normalized spacial score (nSPS) is 10.5. The van der Waals surface area contributed by atoms with Gasteiger partial charge in [-0.1, -0.05) is 59.9 Å². The van der Waals surface area contributed by atoms with Gasteiger partial charge in [-0.3, -0.25) is 0 Å². The molecule has 3 aromatic carbocycles. The number of carboxylic acid groups (broad SMARTS) is 1. The van der Waals surface area contributed by atoms with E-state index in [2.05, 4.69) is 36.1 Å². The van der Waals surface area contributed by atoms with Crippen LogP contribution < -0.4 is 4.74 Å². The largest absolute Gasteiger partial charge is 0.478 e. The second-order valence-electron chi connectivity index (χ2n) is 6.62. The Balaban J connectivity index is 1.92. The van der Waals surface area contributed by atoms with Crippen LogP contribution >= 0.6 is 0 Å². The van der Waals surface area contributed by atoms with Gasteiger partial charge in [0.15, 0.2) is 6.79 Å². The highest BCUT2D eigenvalue weighted by atomic mass is 16.7. The predicted octanol–water partition coefficient (Wildman–Crippen LogP) is 5.41. The first-order valence-electron chi connectivity index (χ1n) is 9.41. The molecule has 0 spiro atoms. The lowest BCUT2D eigenvalue weighted by Gasteiger charge is -2.11. The molecule has 150 valence electrons. The minimum Gasteiger partial charge on any atom is -0.478 e. The number of carbonyl (C=O) groups is 1. The van der Waals surface area contributed by atoms with E-state index in [0.29, 0.717) is 11.3 Å². The molecular weight excluding hydrogens is 376 g/mol. The highest BCUT2D eigenvalue weighted by Gasteiger charge is 2.07. The number of allylic oxidation sites excluding steroid dienone is 1. The number of rotatable bonds is 6. The SMILES string of the molecule is COCOc1ccc(/C=C/C#Cc2ccccc2C(=O)O)c(-c2ccc(C)cc2)c1. The summed E-state index contributed by atoms with van der Waals surface area (Å²) in [7, 11) is 1.58. The molecule has 0 unspecified atom stereocenters. The van der Waals surface area contributed by atoms with Gasteiger partial charge in [-0.2, -0.15) is 0 Å². The van der Waals surface area contributed by atoms with Crippen LogP contribution in [-0.4, -0.2) is 25.0 Å². The molecule has 0 aliphatic rings. The molecule has 0 aromatic heterocycles. The molecule has 0 saturated carbocycles. The number of aromatic carboxylic acids is 1. The molecule has 0 fully saturated rings. The molecule has 0 aliphatic carbocycles. The van der Waals surface area contributed by atoms with Gasteiger partial charge < -0.3 is 14.6 Å². The Hall–Kier alpha value is -3.81. The molecule has 30 heavy (non-hydrogen) atoms. The summed E-state index contributed by atoms with van der Waals surface area (Å²) >= 11 is 0. The summed E-state index contributed by atoms with van der Waals surface area (Å²) in [5.74, 6) is 5.57. The maximum absolute atomic E-state index is 11.3. The quantitative estimate of drug-likeness (QED) is 0.446. The molecule has 0 bridgehead atoms. The van der Waals surface area contributed by atoms with Crippen LogP contribution in [0, 0.1) is 18.8 Å². The fourth-order valence-corrected chi connectivity index (χ4v) is 2.91. The maximum atomic E-state index is 11.3. The zero-order valence-electron chi connectivity index (χ0n) is 16.9. The predicted molar refractivity (Wildman–Crippen MR) is 118 cm³/mol. The first kappa shape index (κ1) is 20.9. The summed E-state index contributed by atoms with van der Waals surface area (Å²) in [4.78, 5) is 11.3. The van der Waals surface area contributed by atoms with Gasteiger partial charge in [0.2, 0.25) is 0 Å². The third-order valence-corrected chi connectivity index (χ3v) is 4.44. The van der Waals surface area contributed by atoms with Crippen LogP contribution in [0.4, 0.5) is 0 Å². The monoisotopic (exact) mass is 398 g/mol. The average molecular weight is 398 g/mol. The molecular formula is C26H22O4.